The number of amides is 1. The van der Waals surface area contributed by atoms with Gasteiger partial charge in [0, 0.05) is 24.1 Å². The Hall–Kier alpha value is -2.54. The Bertz CT molecular complexity index is 869. The Morgan fingerprint density at radius 1 is 1.36 bits per heavy atom. The third-order valence-corrected chi connectivity index (χ3v) is 4.57. The minimum absolute atomic E-state index is 0.157. The van der Waals surface area contributed by atoms with Crippen LogP contribution in [0.4, 0.5) is 5.88 Å². The van der Waals surface area contributed by atoms with Crippen LogP contribution in [0, 0.1) is 6.92 Å². The van der Waals surface area contributed by atoms with Crippen molar-refractivity contribution < 1.29 is 9.32 Å². The van der Waals surface area contributed by atoms with Gasteiger partial charge in [-0.3, -0.25) is 14.7 Å². The molecule has 0 aliphatic rings. The third-order valence-electron chi connectivity index (χ3n) is 3.60. The molecule has 130 valence electrons. The molecule has 0 aliphatic carbocycles. The molecule has 0 radical (unpaired) electrons. The monoisotopic (exact) mass is 356 g/mol. The standard InChI is InChI=1S/C18H20N4O2S/c1-12(2)15-10-17(24-21-15)20-16(23)11-25-18-19-7-8-22(18)14-6-4-5-13(3)9-14/h4-10,12H,11H2,1-3H3,(H,20,23). The smallest absolute Gasteiger partial charge is 0.237 e. The van der Waals surface area contributed by atoms with Crippen molar-refractivity contribution in [1.29, 1.82) is 0 Å². The van der Waals surface area contributed by atoms with E-state index in [1.54, 1.807) is 12.3 Å². The summed E-state index contributed by atoms with van der Waals surface area (Å²) in [6.45, 7) is 6.08. The van der Waals surface area contributed by atoms with Crippen LogP contribution >= 0.6 is 11.8 Å². The number of nitrogens with one attached hydrogen (secondary N) is 1. The highest BCUT2D eigenvalue weighted by atomic mass is 32.2. The molecule has 0 aliphatic heterocycles. The van der Waals surface area contributed by atoms with Crippen LogP contribution in [0.3, 0.4) is 0 Å². The SMILES string of the molecule is Cc1cccc(-n2ccnc2SCC(=O)Nc2cc(C(C)C)no2)c1. The lowest BCUT2D eigenvalue weighted by molar-refractivity contribution is -0.113. The molecule has 1 N–H and O–H groups in total. The van der Waals surface area contributed by atoms with Crippen molar-refractivity contribution in [3.05, 3.63) is 54.0 Å². The van der Waals surface area contributed by atoms with Crippen molar-refractivity contribution in [3.8, 4) is 5.69 Å². The highest BCUT2D eigenvalue weighted by Gasteiger charge is 2.13. The molecule has 1 amide bonds. The van der Waals surface area contributed by atoms with Gasteiger partial charge in [-0.25, -0.2) is 4.98 Å². The number of aromatic nitrogens is 3. The van der Waals surface area contributed by atoms with Crippen LogP contribution < -0.4 is 5.32 Å². The van der Waals surface area contributed by atoms with Crippen LogP contribution in [0.2, 0.25) is 0 Å². The molecule has 2 heterocycles. The van der Waals surface area contributed by atoms with E-state index in [9.17, 15) is 4.79 Å². The van der Waals surface area contributed by atoms with Crippen molar-refractivity contribution in [2.75, 3.05) is 11.1 Å². The second-order valence-corrected chi connectivity index (χ2v) is 6.97. The van der Waals surface area contributed by atoms with Gasteiger partial charge in [0.1, 0.15) is 0 Å². The fourth-order valence-electron chi connectivity index (χ4n) is 2.29. The summed E-state index contributed by atoms with van der Waals surface area (Å²) in [5.41, 5.74) is 3.02. The van der Waals surface area contributed by atoms with Crippen LogP contribution in [0.1, 0.15) is 31.0 Å². The number of benzene rings is 1. The molecule has 0 saturated carbocycles. The Kier molecular flexibility index (Phi) is 5.23. The Labute approximate surface area is 150 Å². The van der Waals surface area contributed by atoms with E-state index in [0.717, 1.165) is 16.5 Å². The maximum Gasteiger partial charge on any atom is 0.237 e. The van der Waals surface area contributed by atoms with E-state index in [-0.39, 0.29) is 17.6 Å². The molecule has 7 heteroatoms. The number of nitrogens with zero attached hydrogens (tertiary/aromatic N) is 3. The molecular weight excluding hydrogens is 336 g/mol. The van der Waals surface area contributed by atoms with Gasteiger partial charge in [0.05, 0.1) is 11.4 Å². The second kappa shape index (κ2) is 7.57. The van der Waals surface area contributed by atoms with Gasteiger partial charge in [-0.1, -0.05) is 42.9 Å². The topological polar surface area (TPSA) is 73.0 Å². The highest BCUT2D eigenvalue weighted by molar-refractivity contribution is 7.99. The number of carbonyl (C=O) groups excluding carboxylic acids is 1. The Morgan fingerprint density at radius 3 is 2.92 bits per heavy atom. The van der Waals surface area contributed by atoms with E-state index in [2.05, 4.69) is 21.5 Å². The second-order valence-electron chi connectivity index (χ2n) is 6.03. The normalized spacial score (nSPS) is 11.0. The average molecular weight is 356 g/mol. The first-order valence-electron chi connectivity index (χ1n) is 8.02. The fourth-order valence-corrected chi connectivity index (χ4v) is 3.07. The van der Waals surface area contributed by atoms with E-state index >= 15 is 0 Å². The molecule has 3 aromatic rings. The molecule has 6 nitrogen and oxygen atoms in total. The number of anilines is 1. The van der Waals surface area contributed by atoms with Crippen LogP contribution in [0.5, 0.6) is 0 Å². The van der Waals surface area contributed by atoms with E-state index in [0.29, 0.717) is 5.88 Å². The van der Waals surface area contributed by atoms with Gasteiger partial charge in [0.2, 0.25) is 11.8 Å². The Morgan fingerprint density at radius 2 is 2.20 bits per heavy atom. The molecule has 0 unspecified atom stereocenters. The van der Waals surface area contributed by atoms with Gasteiger partial charge >= 0.3 is 0 Å². The number of imidazole rings is 1. The zero-order chi connectivity index (χ0) is 17.8. The predicted octanol–water partition coefficient (Wildman–Crippen LogP) is 4.02. The molecule has 3 rings (SSSR count). The number of thioether (sulfide) groups is 1. The van der Waals surface area contributed by atoms with Gasteiger partial charge in [-0.2, -0.15) is 0 Å². The number of carbonyl (C=O) groups is 1. The van der Waals surface area contributed by atoms with Crippen molar-refractivity contribution in [2.24, 2.45) is 0 Å². The summed E-state index contributed by atoms with van der Waals surface area (Å²) in [4.78, 5) is 16.5. The largest absolute Gasteiger partial charge is 0.338 e. The molecular formula is C18H20N4O2S. The number of rotatable bonds is 6. The molecule has 0 fully saturated rings. The first kappa shape index (κ1) is 17.3. The fraction of sp³-hybridized carbons (Fsp3) is 0.278. The highest BCUT2D eigenvalue weighted by Crippen LogP contribution is 2.22. The van der Waals surface area contributed by atoms with Crippen LogP contribution in [0.15, 0.2) is 52.4 Å². The van der Waals surface area contributed by atoms with Crippen molar-refractivity contribution in [3.63, 3.8) is 0 Å². The first-order valence-corrected chi connectivity index (χ1v) is 9.01. The average Bonchev–Trinajstić information content (AvgIpc) is 3.22. The number of hydrogen-bond donors (Lipinski definition) is 1. The summed E-state index contributed by atoms with van der Waals surface area (Å²) in [6, 6.07) is 9.89. The van der Waals surface area contributed by atoms with Crippen molar-refractivity contribution in [2.45, 2.75) is 31.8 Å². The Balaban J connectivity index is 1.62. The maximum absolute atomic E-state index is 12.1. The summed E-state index contributed by atoms with van der Waals surface area (Å²) < 4.78 is 7.10. The minimum Gasteiger partial charge on any atom is -0.338 e. The number of aryl methyl sites for hydroxylation is 1. The lowest BCUT2D eigenvalue weighted by atomic mass is 10.1. The van der Waals surface area contributed by atoms with Gasteiger partial charge in [0.15, 0.2) is 5.16 Å². The van der Waals surface area contributed by atoms with E-state index in [4.69, 9.17) is 4.52 Å². The number of hydrogen-bond acceptors (Lipinski definition) is 5. The van der Waals surface area contributed by atoms with Crippen molar-refractivity contribution >= 4 is 23.6 Å². The zero-order valence-electron chi connectivity index (χ0n) is 14.4. The minimum atomic E-state index is -0.157. The summed E-state index contributed by atoms with van der Waals surface area (Å²) in [6.07, 6.45) is 3.62. The van der Waals surface area contributed by atoms with E-state index in [1.165, 1.54) is 17.3 Å². The lowest BCUT2D eigenvalue weighted by Gasteiger charge is -2.08. The van der Waals surface area contributed by atoms with E-state index in [1.807, 2.05) is 49.7 Å². The molecule has 0 bridgehead atoms. The van der Waals surface area contributed by atoms with Gasteiger partial charge in [-0.15, -0.1) is 0 Å². The summed E-state index contributed by atoms with van der Waals surface area (Å²) >= 11 is 1.37. The van der Waals surface area contributed by atoms with Gasteiger partial charge in [-0.05, 0) is 30.5 Å². The zero-order valence-corrected chi connectivity index (χ0v) is 15.2. The lowest BCUT2D eigenvalue weighted by Crippen LogP contribution is -2.14. The summed E-state index contributed by atoms with van der Waals surface area (Å²) in [5.74, 6) is 0.706. The van der Waals surface area contributed by atoms with Crippen LogP contribution in [-0.2, 0) is 4.79 Å². The predicted molar refractivity (Wildman–Crippen MR) is 98.2 cm³/mol. The molecule has 25 heavy (non-hydrogen) atoms. The quantitative estimate of drug-likeness (QED) is 0.675. The summed E-state index contributed by atoms with van der Waals surface area (Å²) in [5, 5.41) is 7.41. The molecule has 2 aromatic heterocycles. The van der Waals surface area contributed by atoms with Crippen LogP contribution in [-0.4, -0.2) is 26.4 Å². The van der Waals surface area contributed by atoms with Gasteiger partial charge < -0.3 is 4.52 Å². The maximum atomic E-state index is 12.1. The molecule has 0 saturated heterocycles. The van der Waals surface area contributed by atoms with Gasteiger partial charge in [0.25, 0.3) is 0 Å². The molecule has 0 atom stereocenters. The summed E-state index contributed by atoms with van der Waals surface area (Å²) in [7, 11) is 0. The third kappa shape index (κ3) is 4.30. The van der Waals surface area contributed by atoms with Crippen LogP contribution in [0.25, 0.3) is 5.69 Å². The van der Waals surface area contributed by atoms with E-state index < -0.39 is 0 Å². The molecule has 0 spiro atoms. The first-order chi connectivity index (χ1) is 12.0. The van der Waals surface area contributed by atoms with Crippen molar-refractivity contribution in [1.82, 2.24) is 14.7 Å². The molecule has 1 aromatic carbocycles.